The van der Waals surface area contributed by atoms with Crippen molar-refractivity contribution in [1.82, 2.24) is 5.48 Å². The van der Waals surface area contributed by atoms with E-state index in [9.17, 15) is 14.8 Å². The van der Waals surface area contributed by atoms with Crippen LogP contribution in [0.15, 0.2) is 11.6 Å². The number of rotatable bonds is 2. The standard InChI is InChI=1S/C32H51NO4/c1-19-11-16-32(27(35)33-36)18-17-30(7)22(26(32)20(19)2)9-10-24-29(6)14-13-25(37-21(3)34)28(4,5)23(29)12-15-31(24,30)8/h9,19-20,23-26,36H,10-18H2,1-8H3,(H,33,35)/t19-,20+,23+,24-,25+,26+,29+,30-,31-,32+/m1/s1. The molecule has 10 atom stereocenters. The number of fused-ring (bicyclic) bond motifs is 7. The van der Waals surface area contributed by atoms with Gasteiger partial charge in [-0.2, -0.15) is 0 Å². The van der Waals surface area contributed by atoms with E-state index in [4.69, 9.17) is 4.74 Å². The molecule has 0 bridgehead atoms. The predicted molar refractivity (Wildman–Crippen MR) is 144 cm³/mol. The Morgan fingerprint density at radius 3 is 2.30 bits per heavy atom. The van der Waals surface area contributed by atoms with Gasteiger partial charge in [-0.25, -0.2) is 5.48 Å². The number of allylic oxidation sites excluding steroid dienone is 2. The number of carbonyl (C=O) groups is 2. The summed E-state index contributed by atoms with van der Waals surface area (Å²) in [6.45, 7) is 18.6. The van der Waals surface area contributed by atoms with Gasteiger partial charge < -0.3 is 4.74 Å². The Hall–Kier alpha value is -1.36. The van der Waals surface area contributed by atoms with Crippen molar-refractivity contribution >= 4 is 11.9 Å². The minimum Gasteiger partial charge on any atom is -0.462 e. The molecular weight excluding hydrogens is 462 g/mol. The van der Waals surface area contributed by atoms with E-state index in [1.165, 1.54) is 12.0 Å². The zero-order chi connectivity index (χ0) is 27.2. The number of hydroxylamine groups is 1. The number of hydrogen-bond donors (Lipinski definition) is 2. The molecule has 0 spiro atoms. The molecule has 0 aliphatic heterocycles. The van der Waals surface area contributed by atoms with Gasteiger partial charge in [0, 0.05) is 12.3 Å². The number of esters is 1. The molecule has 208 valence electrons. The molecule has 5 rings (SSSR count). The van der Waals surface area contributed by atoms with Crippen LogP contribution >= 0.6 is 0 Å². The van der Waals surface area contributed by atoms with Crippen LogP contribution in [0.2, 0.25) is 0 Å². The van der Waals surface area contributed by atoms with Crippen LogP contribution in [0.25, 0.3) is 0 Å². The third kappa shape index (κ3) is 3.44. The van der Waals surface area contributed by atoms with Gasteiger partial charge in [-0.05, 0) is 104 Å². The SMILES string of the molecule is CC(=O)O[C@H]1CC[C@]2(C)[C@H]3CC=C4[C@@H]5[C@@H](C)[C@H](C)CC[C@]5(C(=O)NO)CC[C@@]4(C)[C@]3(C)CC[C@H]2C1(C)C. The van der Waals surface area contributed by atoms with Gasteiger partial charge in [0.1, 0.15) is 6.10 Å². The highest BCUT2D eigenvalue weighted by Gasteiger charge is 2.69. The Kier molecular flexibility index (Phi) is 6.30. The third-order valence-corrected chi connectivity index (χ3v) is 13.8. The van der Waals surface area contributed by atoms with Crippen molar-refractivity contribution in [1.29, 1.82) is 0 Å². The molecule has 0 unspecified atom stereocenters. The van der Waals surface area contributed by atoms with Gasteiger partial charge in [-0.3, -0.25) is 14.8 Å². The molecule has 4 saturated carbocycles. The zero-order valence-corrected chi connectivity index (χ0v) is 24.6. The van der Waals surface area contributed by atoms with E-state index in [1.807, 2.05) is 0 Å². The molecule has 0 aromatic heterocycles. The highest BCUT2D eigenvalue weighted by Crippen LogP contribution is 2.75. The second kappa shape index (κ2) is 8.57. The lowest BCUT2D eigenvalue weighted by atomic mass is 9.33. The normalized spacial score (nSPS) is 50.4. The maximum atomic E-state index is 13.3. The van der Waals surface area contributed by atoms with Gasteiger partial charge in [0.15, 0.2) is 0 Å². The van der Waals surface area contributed by atoms with E-state index in [0.29, 0.717) is 23.7 Å². The second-order valence-electron chi connectivity index (χ2n) is 15.2. The molecule has 5 aliphatic carbocycles. The van der Waals surface area contributed by atoms with Crippen molar-refractivity contribution < 1.29 is 19.5 Å². The van der Waals surface area contributed by atoms with Crippen molar-refractivity contribution in [3.63, 3.8) is 0 Å². The van der Waals surface area contributed by atoms with Gasteiger partial charge in [0.05, 0.1) is 5.41 Å². The summed E-state index contributed by atoms with van der Waals surface area (Å²) in [5, 5.41) is 9.81. The first-order valence-corrected chi connectivity index (χ1v) is 15.0. The van der Waals surface area contributed by atoms with Crippen molar-refractivity contribution in [2.45, 2.75) is 119 Å². The van der Waals surface area contributed by atoms with E-state index in [-0.39, 0.29) is 45.6 Å². The summed E-state index contributed by atoms with van der Waals surface area (Å²) in [4.78, 5) is 25.2. The molecule has 0 aromatic rings. The molecule has 5 nitrogen and oxygen atoms in total. The number of carbonyl (C=O) groups excluding carboxylic acids is 2. The monoisotopic (exact) mass is 513 g/mol. The quantitative estimate of drug-likeness (QED) is 0.179. The molecule has 0 radical (unpaired) electrons. The molecule has 2 N–H and O–H groups in total. The summed E-state index contributed by atoms with van der Waals surface area (Å²) >= 11 is 0. The average molecular weight is 514 g/mol. The fraction of sp³-hybridized carbons (Fsp3) is 0.875. The first-order valence-electron chi connectivity index (χ1n) is 15.0. The van der Waals surface area contributed by atoms with Crippen molar-refractivity contribution in [3.05, 3.63) is 11.6 Å². The Bertz CT molecular complexity index is 1000. The molecule has 1 amide bonds. The summed E-state index contributed by atoms with van der Waals surface area (Å²) in [7, 11) is 0. The second-order valence-corrected chi connectivity index (χ2v) is 15.2. The Labute approximate surface area is 224 Å². The largest absolute Gasteiger partial charge is 0.462 e. The maximum Gasteiger partial charge on any atom is 0.302 e. The molecule has 5 aliphatic rings. The predicted octanol–water partition coefficient (Wildman–Crippen LogP) is 7.08. The number of nitrogens with one attached hydrogen (secondary N) is 1. The highest BCUT2D eigenvalue weighted by molar-refractivity contribution is 5.83. The molecular formula is C32H51NO4. The lowest BCUT2D eigenvalue weighted by Crippen LogP contribution is -2.66. The van der Waals surface area contributed by atoms with Gasteiger partial charge >= 0.3 is 5.97 Å². The highest BCUT2D eigenvalue weighted by atomic mass is 16.5. The van der Waals surface area contributed by atoms with Crippen LogP contribution in [0.3, 0.4) is 0 Å². The van der Waals surface area contributed by atoms with E-state index >= 15 is 0 Å². The topological polar surface area (TPSA) is 75.6 Å². The van der Waals surface area contributed by atoms with Gasteiger partial charge in [-0.1, -0.05) is 60.1 Å². The van der Waals surface area contributed by atoms with E-state index < -0.39 is 5.41 Å². The van der Waals surface area contributed by atoms with Crippen LogP contribution in [0.4, 0.5) is 0 Å². The lowest BCUT2D eigenvalue weighted by Gasteiger charge is -2.71. The van der Waals surface area contributed by atoms with Crippen LogP contribution in [-0.2, 0) is 14.3 Å². The molecule has 37 heavy (non-hydrogen) atoms. The smallest absolute Gasteiger partial charge is 0.302 e. The van der Waals surface area contributed by atoms with Crippen LogP contribution in [-0.4, -0.2) is 23.2 Å². The van der Waals surface area contributed by atoms with Crippen LogP contribution < -0.4 is 5.48 Å². The Morgan fingerprint density at radius 2 is 1.65 bits per heavy atom. The average Bonchev–Trinajstić information content (AvgIpc) is 2.83. The summed E-state index contributed by atoms with van der Waals surface area (Å²) in [6.07, 6.45) is 11.8. The van der Waals surface area contributed by atoms with Crippen LogP contribution in [0.1, 0.15) is 113 Å². The number of amides is 1. The van der Waals surface area contributed by atoms with Gasteiger partial charge in [-0.15, -0.1) is 0 Å². The minimum atomic E-state index is -0.486. The summed E-state index contributed by atoms with van der Waals surface area (Å²) in [5.41, 5.74) is 3.50. The maximum absolute atomic E-state index is 13.3. The van der Waals surface area contributed by atoms with Gasteiger partial charge in [0.25, 0.3) is 0 Å². The van der Waals surface area contributed by atoms with Crippen molar-refractivity contribution in [2.75, 3.05) is 0 Å². The van der Waals surface area contributed by atoms with Gasteiger partial charge in [0.2, 0.25) is 5.91 Å². The first-order chi connectivity index (χ1) is 17.2. The minimum absolute atomic E-state index is 0.00502. The Morgan fingerprint density at radius 1 is 0.946 bits per heavy atom. The van der Waals surface area contributed by atoms with Crippen LogP contribution in [0.5, 0.6) is 0 Å². The first kappa shape index (κ1) is 27.2. The lowest BCUT2D eigenvalue weighted by molar-refractivity contribution is -0.213. The fourth-order valence-corrected chi connectivity index (χ4v) is 11.4. The fourth-order valence-electron chi connectivity index (χ4n) is 11.4. The summed E-state index contributed by atoms with van der Waals surface area (Å²) in [5.74, 6) is 1.96. The Balaban J connectivity index is 1.57. The molecule has 0 aromatic carbocycles. The van der Waals surface area contributed by atoms with Crippen molar-refractivity contribution in [2.24, 2.45) is 56.7 Å². The summed E-state index contributed by atoms with van der Waals surface area (Å²) < 4.78 is 5.88. The number of ether oxygens (including phenoxy) is 1. The van der Waals surface area contributed by atoms with E-state index in [2.05, 4.69) is 60.0 Å². The van der Waals surface area contributed by atoms with Crippen LogP contribution in [0, 0.1) is 56.7 Å². The van der Waals surface area contributed by atoms with E-state index in [1.54, 1.807) is 6.92 Å². The molecule has 5 heteroatoms. The molecule has 4 fully saturated rings. The van der Waals surface area contributed by atoms with Crippen molar-refractivity contribution in [3.8, 4) is 0 Å². The zero-order valence-electron chi connectivity index (χ0n) is 24.6. The molecule has 0 saturated heterocycles. The third-order valence-electron chi connectivity index (χ3n) is 13.8. The number of hydrogen-bond acceptors (Lipinski definition) is 4. The van der Waals surface area contributed by atoms with E-state index in [0.717, 1.165) is 51.4 Å². The molecule has 0 heterocycles. The summed E-state index contributed by atoms with van der Waals surface area (Å²) in [6, 6.07) is 0.